The van der Waals surface area contributed by atoms with Gasteiger partial charge in [-0.3, -0.25) is 5.43 Å². The molecule has 1 aromatic heterocycles. The van der Waals surface area contributed by atoms with E-state index in [1.165, 1.54) is 6.20 Å². The predicted octanol–water partition coefficient (Wildman–Crippen LogP) is 4.24. The smallest absolute Gasteiger partial charge is 0.165 e. The van der Waals surface area contributed by atoms with Gasteiger partial charge in [0.1, 0.15) is 0 Å². The minimum atomic E-state index is 0.399. The van der Waals surface area contributed by atoms with Crippen molar-refractivity contribution in [3.8, 4) is 11.5 Å². The van der Waals surface area contributed by atoms with Crippen LogP contribution in [0.15, 0.2) is 35.6 Å². The first-order valence-corrected chi connectivity index (χ1v) is 7.14. The Kier molecular flexibility index (Phi) is 5.46. The molecule has 0 aliphatic heterocycles. The molecule has 1 aromatic carbocycles. The number of nitrogens with zero attached hydrogens (tertiary/aromatic N) is 2. The fraction of sp³-hybridized carbons (Fsp3) is 0.200. The maximum Gasteiger partial charge on any atom is 0.165 e. The highest BCUT2D eigenvalue weighted by Gasteiger charge is 2.07. The zero-order valence-corrected chi connectivity index (χ0v) is 13.9. The highest BCUT2D eigenvalue weighted by Crippen LogP contribution is 2.28. The molecule has 1 N–H and O–H groups in total. The van der Waals surface area contributed by atoms with Gasteiger partial charge in [0, 0.05) is 11.8 Å². The highest BCUT2D eigenvalue weighted by molar-refractivity contribution is 6.35. The molecule has 0 spiro atoms. The molecule has 0 bridgehead atoms. The van der Waals surface area contributed by atoms with Crippen LogP contribution >= 0.6 is 23.2 Å². The number of benzene rings is 1. The summed E-state index contributed by atoms with van der Waals surface area (Å²) in [6.45, 7) is 1.86. The molecule has 22 heavy (non-hydrogen) atoms. The van der Waals surface area contributed by atoms with Crippen molar-refractivity contribution in [2.24, 2.45) is 5.10 Å². The number of halogens is 2. The van der Waals surface area contributed by atoms with E-state index in [-0.39, 0.29) is 0 Å². The van der Waals surface area contributed by atoms with Gasteiger partial charge in [-0.25, -0.2) is 4.98 Å². The third-order valence-corrected chi connectivity index (χ3v) is 3.43. The van der Waals surface area contributed by atoms with E-state index in [0.717, 1.165) is 11.3 Å². The molecule has 0 saturated heterocycles. The molecule has 2 aromatic rings. The minimum Gasteiger partial charge on any atom is -0.493 e. The van der Waals surface area contributed by atoms with Crippen LogP contribution in [0.25, 0.3) is 0 Å². The minimum absolute atomic E-state index is 0.399. The Morgan fingerprint density at radius 3 is 2.50 bits per heavy atom. The Balaban J connectivity index is 2.21. The lowest BCUT2D eigenvalue weighted by Crippen LogP contribution is -2.02. The number of hydrogen-bond donors (Lipinski definition) is 1. The van der Waals surface area contributed by atoms with Crippen molar-refractivity contribution in [1.82, 2.24) is 4.98 Å². The average Bonchev–Trinajstić information content (AvgIpc) is 2.53. The Hall–Kier alpha value is -1.98. The van der Waals surface area contributed by atoms with Crippen LogP contribution in [0.2, 0.25) is 10.0 Å². The number of hydrogen-bond acceptors (Lipinski definition) is 5. The van der Waals surface area contributed by atoms with Crippen molar-refractivity contribution in [3.05, 3.63) is 46.1 Å². The van der Waals surface area contributed by atoms with Gasteiger partial charge in [0.25, 0.3) is 0 Å². The Morgan fingerprint density at radius 2 is 1.86 bits per heavy atom. The zero-order chi connectivity index (χ0) is 16.1. The maximum atomic E-state index is 6.03. The molecule has 0 aliphatic carbocycles. The summed E-state index contributed by atoms with van der Waals surface area (Å²) >= 11 is 11.8. The van der Waals surface area contributed by atoms with Gasteiger partial charge in [0.2, 0.25) is 0 Å². The summed E-state index contributed by atoms with van der Waals surface area (Å²) in [5.41, 5.74) is 4.45. The van der Waals surface area contributed by atoms with Gasteiger partial charge in [-0.15, -0.1) is 0 Å². The van der Waals surface area contributed by atoms with Crippen LogP contribution in [0.4, 0.5) is 5.82 Å². The number of hydrazone groups is 1. The Labute approximate surface area is 138 Å². The lowest BCUT2D eigenvalue weighted by molar-refractivity contribution is 0.355. The molecule has 0 fully saturated rings. The summed E-state index contributed by atoms with van der Waals surface area (Å²) in [6.07, 6.45) is 1.50. The number of pyridine rings is 1. The Bertz CT molecular complexity index is 705. The van der Waals surface area contributed by atoms with E-state index < -0.39 is 0 Å². The van der Waals surface area contributed by atoms with Crippen molar-refractivity contribution < 1.29 is 9.47 Å². The topological polar surface area (TPSA) is 55.7 Å². The number of nitrogens with one attached hydrogen (secondary N) is 1. The summed E-state index contributed by atoms with van der Waals surface area (Å²) in [6, 6.07) is 7.15. The van der Waals surface area contributed by atoms with E-state index in [4.69, 9.17) is 32.7 Å². The lowest BCUT2D eigenvalue weighted by atomic mass is 10.1. The van der Waals surface area contributed by atoms with Crippen LogP contribution in [0.5, 0.6) is 11.5 Å². The van der Waals surface area contributed by atoms with Crippen LogP contribution in [-0.2, 0) is 0 Å². The fourth-order valence-corrected chi connectivity index (χ4v) is 2.18. The highest BCUT2D eigenvalue weighted by atomic mass is 35.5. The summed E-state index contributed by atoms with van der Waals surface area (Å²) in [7, 11) is 3.18. The predicted molar refractivity (Wildman–Crippen MR) is 89.6 cm³/mol. The molecule has 0 radical (unpaired) electrons. The molecule has 0 amide bonds. The maximum absolute atomic E-state index is 6.03. The van der Waals surface area contributed by atoms with Gasteiger partial charge < -0.3 is 9.47 Å². The average molecular weight is 340 g/mol. The Morgan fingerprint density at radius 1 is 1.14 bits per heavy atom. The second kappa shape index (κ2) is 7.33. The number of methoxy groups -OCH3 is 2. The molecule has 1 heterocycles. The molecule has 7 heteroatoms. The van der Waals surface area contributed by atoms with Gasteiger partial charge in [-0.1, -0.05) is 23.2 Å². The van der Waals surface area contributed by atoms with Crippen molar-refractivity contribution >= 4 is 34.7 Å². The molecule has 116 valence electrons. The first-order valence-electron chi connectivity index (χ1n) is 6.39. The SMILES string of the molecule is COc1ccc(/C(C)=N\Nc2ncc(Cl)cc2Cl)cc1OC. The summed E-state index contributed by atoms with van der Waals surface area (Å²) < 4.78 is 10.5. The van der Waals surface area contributed by atoms with Crippen LogP contribution in [-0.4, -0.2) is 24.9 Å². The summed E-state index contributed by atoms with van der Waals surface area (Å²) in [5.74, 6) is 1.73. The third-order valence-electron chi connectivity index (χ3n) is 2.94. The van der Waals surface area contributed by atoms with Crippen molar-refractivity contribution in [2.45, 2.75) is 6.92 Å². The van der Waals surface area contributed by atoms with Gasteiger partial charge >= 0.3 is 0 Å². The van der Waals surface area contributed by atoms with Crippen LogP contribution in [0.3, 0.4) is 0 Å². The van der Waals surface area contributed by atoms with Crippen molar-refractivity contribution in [3.63, 3.8) is 0 Å². The molecule has 2 rings (SSSR count). The second-order valence-corrected chi connectivity index (χ2v) is 5.21. The molecule has 0 saturated carbocycles. The van der Waals surface area contributed by atoms with E-state index in [2.05, 4.69) is 15.5 Å². The van der Waals surface area contributed by atoms with Crippen LogP contribution in [0.1, 0.15) is 12.5 Å². The molecular weight excluding hydrogens is 325 g/mol. The largest absolute Gasteiger partial charge is 0.493 e. The summed E-state index contributed by atoms with van der Waals surface area (Å²) in [4.78, 5) is 4.08. The molecule has 0 aliphatic rings. The van der Waals surface area contributed by atoms with Crippen molar-refractivity contribution in [1.29, 1.82) is 0 Å². The molecule has 0 unspecified atom stereocenters. The van der Waals surface area contributed by atoms with Gasteiger partial charge in [-0.05, 0) is 31.2 Å². The molecule has 0 atom stereocenters. The van der Waals surface area contributed by atoms with E-state index in [1.807, 2.05) is 25.1 Å². The normalized spacial score (nSPS) is 11.2. The zero-order valence-electron chi connectivity index (χ0n) is 12.4. The summed E-state index contributed by atoms with van der Waals surface area (Å²) in [5, 5.41) is 5.13. The van der Waals surface area contributed by atoms with E-state index in [1.54, 1.807) is 20.3 Å². The van der Waals surface area contributed by atoms with E-state index >= 15 is 0 Å². The van der Waals surface area contributed by atoms with E-state index in [0.29, 0.717) is 27.4 Å². The van der Waals surface area contributed by atoms with Crippen LogP contribution in [0, 0.1) is 0 Å². The van der Waals surface area contributed by atoms with Crippen LogP contribution < -0.4 is 14.9 Å². The number of rotatable bonds is 5. The van der Waals surface area contributed by atoms with Crippen molar-refractivity contribution in [2.75, 3.05) is 19.6 Å². The fourth-order valence-electron chi connectivity index (χ4n) is 1.76. The van der Waals surface area contributed by atoms with E-state index in [9.17, 15) is 0 Å². The lowest BCUT2D eigenvalue weighted by Gasteiger charge is -2.10. The number of aromatic nitrogens is 1. The number of ether oxygens (including phenoxy) is 2. The number of anilines is 1. The van der Waals surface area contributed by atoms with Gasteiger partial charge in [-0.2, -0.15) is 5.10 Å². The molecule has 5 nitrogen and oxygen atoms in total. The van der Waals surface area contributed by atoms with Gasteiger partial charge in [0.05, 0.1) is 30.0 Å². The standard InChI is InChI=1S/C15H15Cl2N3O2/c1-9(10-4-5-13(21-2)14(6-10)22-3)19-20-15-12(17)7-11(16)8-18-15/h4-8H,1-3H3,(H,18,20)/b19-9-. The monoisotopic (exact) mass is 339 g/mol. The quantitative estimate of drug-likeness (QED) is 0.653. The molecular formula is C15H15Cl2N3O2. The first-order chi connectivity index (χ1) is 10.5. The first kappa shape index (κ1) is 16.4. The van der Waals surface area contributed by atoms with Gasteiger partial charge in [0.15, 0.2) is 17.3 Å². The third kappa shape index (κ3) is 3.81. The second-order valence-electron chi connectivity index (χ2n) is 4.36.